The van der Waals surface area contributed by atoms with Crippen molar-refractivity contribution in [3.63, 3.8) is 0 Å². The normalized spacial score (nSPS) is 14.2. The second-order valence-corrected chi connectivity index (χ2v) is 7.50. The van der Waals surface area contributed by atoms with E-state index in [1.807, 2.05) is 58.0 Å². The van der Waals surface area contributed by atoms with E-state index in [4.69, 9.17) is 22.1 Å². The predicted octanol–water partition coefficient (Wildman–Crippen LogP) is 3.63. The molecule has 1 aromatic heterocycles. The second kappa shape index (κ2) is 6.95. The molecule has 24 heavy (non-hydrogen) atoms. The van der Waals surface area contributed by atoms with Crippen LogP contribution >= 0.6 is 11.6 Å². The number of hydrogen-bond acceptors (Lipinski definition) is 4. The zero-order valence-electron chi connectivity index (χ0n) is 14.5. The smallest absolute Gasteiger partial charge is 0.407 e. The average molecular weight is 350 g/mol. The molecule has 1 aromatic carbocycles. The van der Waals surface area contributed by atoms with E-state index in [1.54, 1.807) is 0 Å². The molecule has 6 heteroatoms. The van der Waals surface area contributed by atoms with Gasteiger partial charge in [0.2, 0.25) is 0 Å². The Balaban J connectivity index is 2.26. The molecule has 0 spiro atoms. The molecule has 0 aliphatic carbocycles. The summed E-state index contributed by atoms with van der Waals surface area (Å²) in [6, 6.07) is 9.72. The lowest BCUT2D eigenvalue weighted by Gasteiger charge is -2.30. The molecule has 130 valence electrons. The van der Waals surface area contributed by atoms with Gasteiger partial charge in [-0.3, -0.25) is 0 Å². The number of halogens is 1. The highest BCUT2D eigenvalue weighted by molar-refractivity contribution is 6.30. The molecule has 1 heterocycles. The Bertz CT molecular complexity index is 743. The summed E-state index contributed by atoms with van der Waals surface area (Å²) in [7, 11) is 0. The minimum absolute atomic E-state index is 0.304. The van der Waals surface area contributed by atoms with Crippen LogP contribution in [0.25, 0.3) is 10.9 Å². The molecule has 0 saturated heterocycles. The Hall–Kier alpha value is -1.85. The van der Waals surface area contributed by atoms with E-state index in [-0.39, 0.29) is 0 Å². The Kier molecular flexibility index (Phi) is 5.35. The highest BCUT2D eigenvalue weighted by Gasteiger charge is 2.30. The summed E-state index contributed by atoms with van der Waals surface area (Å²) in [5.41, 5.74) is 6.52. The summed E-state index contributed by atoms with van der Waals surface area (Å²) < 4.78 is 5.27. The standard InChI is InChI=1S/C18H24ClN3O2/c1-17(2,3)24-16(23)21-11-18(4,10-20)13-9-12-7-5-6-8-14(12)22-15(13)19/h5-9H,10-11,20H2,1-4H3,(H,21,23). The van der Waals surface area contributed by atoms with Crippen molar-refractivity contribution in [1.82, 2.24) is 10.3 Å². The molecule has 0 bridgehead atoms. The summed E-state index contributed by atoms with van der Waals surface area (Å²) in [5.74, 6) is 0. The Morgan fingerprint density at radius 3 is 2.58 bits per heavy atom. The Morgan fingerprint density at radius 2 is 1.96 bits per heavy atom. The molecular formula is C18H24ClN3O2. The van der Waals surface area contributed by atoms with Crippen LogP contribution in [0.1, 0.15) is 33.3 Å². The summed E-state index contributed by atoms with van der Waals surface area (Å²) in [5, 5.41) is 4.15. The SMILES string of the molecule is CC(C)(C)OC(=O)NCC(C)(CN)c1cc2ccccc2nc1Cl. The van der Waals surface area contributed by atoms with Gasteiger partial charge in [0, 0.05) is 23.9 Å². The number of benzene rings is 1. The third-order valence-corrected chi connectivity index (χ3v) is 4.09. The first-order chi connectivity index (χ1) is 11.1. The van der Waals surface area contributed by atoms with Crippen LogP contribution in [0.5, 0.6) is 0 Å². The van der Waals surface area contributed by atoms with Crippen molar-refractivity contribution in [3.8, 4) is 0 Å². The fourth-order valence-corrected chi connectivity index (χ4v) is 2.75. The molecule has 2 aromatic rings. The maximum atomic E-state index is 11.9. The molecule has 5 nitrogen and oxygen atoms in total. The molecular weight excluding hydrogens is 326 g/mol. The number of para-hydroxylation sites is 1. The second-order valence-electron chi connectivity index (χ2n) is 7.14. The summed E-state index contributed by atoms with van der Waals surface area (Å²) in [6.45, 7) is 8.01. The molecule has 0 aliphatic rings. The molecule has 3 N–H and O–H groups in total. The zero-order valence-corrected chi connectivity index (χ0v) is 15.3. The van der Waals surface area contributed by atoms with E-state index in [2.05, 4.69) is 10.3 Å². The van der Waals surface area contributed by atoms with Crippen LogP contribution in [0.15, 0.2) is 30.3 Å². The maximum Gasteiger partial charge on any atom is 0.407 e. The van der Waals surface area contributed by atoms with E-state index >= 15 is 0 Å². The van der Waals surface area contributed by atoms with E-state index < -0.39 is 17.1 Å². The fraction of sp³-hybridized carbons (Fsp3) is 0.444. The van der Waals surface area contributed by atoms with Crippen molar-refractivity contribution >= 4 is 28.6 Å². The van der Waals surface area contributed by atoms with Crippen molar-refractivity contribution in [2.24, 2.45) is 5.73 Å². The quantitative estimate of drug-likeness (QED) is 0.826. The zero-order chi connectivity index (χ0) is 18.0. The maximum absolute atomic E-state index is 11.9. The topological polar surface area (TPSA) is 77.2 Å². The molecule has 0 aliphatic heterocycles. The first kappa shape index (κ1) is 18.5. The lowest BCUT2D eigenvalue weighted by atomic mass is 9.82. The molecule has 0 saturated carbocycles. The lowest BCUT2D eigenvalue weighted by molar-refractivity contribution is 0.0516. The van der Waals surface area contributed by atoms with Crippen LogP contribution in [-0.2, 0) is 10.2 Å². The van der Waals surface area contributed by atoms with E-state index in [9.17, 15) is 4.79 Å². The van der Waals surface area contributed by atoms with E-state index in [1.165, 1.54) is 0 Å². The minimum atomic E-state index is -0.551. The number of rotatable bonds is 4. The number of pyridine rings is 1. The number of amides is 1. The van der Waals surface area contributed by atoms with Crippen LogP contribution in [-0.4, -0.2) is 29.8 Å². The largest absolute Gasteiger partial charge is 0.444 e. The molecule has 0 fully saturated rings. The van der Waals surface area contributed by atoms with Crippen molar-refractivity contribution in [3.05, 3.63) is 41.0 Å². The predicted molar refractivity (Wildman–Crippen MR) is 97.4 cm³/mol. The van der Waals surface area contributed by atoms with Crippen LogP contribution in [0.3, 0.4) is 0 Å². The number of carbonyl (C=O) groups is 1. The van der Waals surface area contributed by atoms with Gasteiger partial charge in [-0.2, -0.15) is 0 Å². The van der Waals surface area contributed by atoms with Crippen LogP contribution < -0.4 is 11.1 Å². The van der Waals surface area contributed by atoms with Gasteiger partial charge in [0.1, 0.15) is 10.8 Å². The van der Waals surface area contributed by atoms with Gasteiger partial charge in [-0.25, -0.2) is 9.78 Å². The minimum Gasteiger partial charge on any atom is -0.444 e. The van der Waals surface area contributed by atoms with E-state index in [0.29, 0.717) is 18.2 Å². The van der Waals surface area contributed by atoms with Crippen molar-refractivity contribution in [2.75, 3.05) is 13.1 Å². The lowest BCUT2D eigenvalue weighted by Crippen LogP contribution is -2.45. The molecule has 2 rings (SSSR count). The third kappa shape index (κ3) is 4.36. The fourth-order valence-electron chi connectivity index (χ4n) is 2.37. The van der Waals surface area contributed by atoms with Crippen LogP contribution in [0.4, 0.5) is 4.79 Å². The number of fused-ring (bicyclic) bond motifs is 1. The highest BCUT2D eigenvalue weighted by Crippen LogP contribution is 2.30. The van der Waals surface area contributed by atoms with Gasteiger partial charge in [-0.1, -0.05) is 36.7 Å². The van der Waals surface area contributed by atoms with Crippen molar-refractivity contribution in [1.29, 1.82) is 0 Å². The molecule has 1 unspecified atom stereocenters. The summed E-state index contributed by atoms with van der Waals surface area (Å²) in [6.07, 6.45) is -0.480. The number of ether oxygens (including phenoxy) is 1. The Labute approximate surface area is 147 Å². The van der Waals surface area contributed by atoms with Gasteiger partial charge >= 0.3 is 6.09 Å². The summed E-state index contributed by atoms with van der Waals surface area (Å²) in [4.78, 5) is 16.4. The first-order valence-corrected chi connectivity index (χ1v) is 8.25. The number of carbonyl (C=O) groups excluding carboxylic acids is 1. The number of nitrogens with two attached hydrogens (primary N) is 1. The number of hydrogen-bond donors (Lipinski definition) is 2. The van der Waals surface area contributed by atoms with Crippen LogP contribution in [0.2, 0.25) is 5.15 Å². The van der Waals surface area contributed by atoms with Gasteiger partial charge in [0.25, 0.3) is 0 Å². The molecule has 1 atom stereocenters. The number of nitrogens with one attached hydrogen (secondary N) is 1. The third-order valence-electron chi connectivity index (χ3n) is 3.80. The first-order valence-electron chi connectivity index (χ1n) is 7.87. The highest BCUT2D eigenvalue weighted by atomic mass is 35.5. The number of aromatic nitrogens is 1. The average Bonchev–Trinajstić information content (AvgIpc) is 2.50. The van der Waals surface area contributed by atoms with Crippen LogP contribution in [0, 0.1) is 0 Å². The van der Waals surface area contributed by atoms with Crippen molar-refractivity contribution in [2.45, 2.75) is 38.7 Å². The van der Waals surface area contributed by atoms with Crippen molar-refractivity contribution < 1.29 is 9.53 Å². The Morgan fingerprint density at radius 1 is 1.29 bits per heavy atom. The van der Waals surface area contributed by atoms with Gasteiger partial charge in [-0.05, 0) is 38.5 Å². The number of alkyl carbamates (subject to hydrolysis) is 1. The monoisotopic (exact) mass is 349 g/mol. The van der Waals surface area contributed by atoms with Gasteiger partial charge in [0.15, 0.2) is 0 Å². The van der Waals surface area contributed by atoms with Gasteiger partial charge in [0.05, 0.1) is 5.52 Å². The van der Waals surface area contributed by atoms with E-state index in [0.717, 1.165) is 16.5 Å². The number of nitrogens with zero attached hydrogens (tertiary/aromatic N) is 1. The van der Waals surface area contributed by atoms with Gasteiger partial charge in [-0.15, -0.1) is 0 Å². The van der Waals surface area contributed by atoms with Gasteiger partial charge < -0.3 is 15.8 Å². The molecule has 0 radical (unpaired) electrons. The molecule has 1 amide bonds. The summed E-state index contributed by atoms with van der Waals surface area (Å²) >= 11 is 6.38.